The third-order valence-corrected chi connectivity index (χ3v) is 4.38. The number of ether oxygens (including phenoxy) is 1. The zero-order valence-corrected chi connectivity index (χ0v) is 15.8. The first-order valence-electron chi connectivity index (χ1n) is 8.54. The lowest BCUT2D eigenvalue weighted by atomic mass is 10.2. The van der Waals surface area contributed by atoms with E-state index in [1.165, 1.54) is 34.6 Å². The molecule has 0 N–H and O–H groups in total. The van der Waals surface area contributed by atoms with Crippen molar-refractivity contribution in [1.29, 1.82) is 0 Å². The van der Waals surface area contributed by atoms with Crippen molar-refractivity contribution in [3.05, 3.63) is 59.7 Å². The van der Waals surface area contributed by atoms with Crippen LogP contribution in [0.1, 0.15) is 44.2 Å². The third kappa shape index (κ3) is 9.35. The number of thioether (sulfide) groups is 1. The molecular weight excluding hydrogens is 300 g/mol. The predicted octanol–water partition coefficient (Wildman–Crippen LogP) is 6.67. The standard InChI is InChI=1S/C11H16S.C10H14O/c1-3-4-9-12-11-7-5-10(2)6-8-11;1-3-8-11-10-6-4-9(2)5-7-10/h5-8H,3-4,9H2,1-2H3;4-7H,3,8H2,1-2H3. The molecule has 0 heterocycles. The van der Waals surface area contributed by atoms with Gasteiger partial charge in [0.05, 0.1) is 6.61 Å². The molecule has 23 heavy (non-hydrogen) atoms. The lowest BCUT2D eigenvalue weighted by Crippen LogP contribution is -1.94. The molecule has 2 heteroatoms. The highest BCUT2D eigenvalue weighted by Crippen LogP contribution is 2.19. The summed E-state index contributed by atoms with van der Waals surface area (Å²) in [5, 5.41) is 0. The molecule has 0 fully saturated rings. The van der Waals surface area contributed by atoms with Gasteiger partial charge in [0.25, 0.3) is 0 Å². The minimum Gasteiger partial charge on any atom is -0.494 e. The molecule has 0 radical (unpaired) electrons. The molecule has 2 rings (SSSR count). The molecule has 0 aliphatic rings. The van der Waals surface area contributed by atoms with Crippen LogP contribution >= 0.6 is 11.8 Å². The Hall–Kier alpha value is -1.41. The van der Waals surface area contributed by atoms with Gasteiger partial charge in [0.15, 0.2) is 0 Å². The summed E-state index contributed by atoms with van der Waals surface area (Å²) in [5.41, 5.74) is 2.61. The summed E-state index contributed by atoms with van der Waals surface area (Å²) in [6.07, 6.45) is 3.67. The van der Waals surface area contributed by atoms with E-state index in [9.17, 15) is 0 Å². The minimum atomic E-state index is 0.809. The Labute approximate surface area is 146 Å². The summed E-state index contributed by atoms with van der Waals surface area (Å²) in [5.74, 6) is 2.22. The molecular formula is C21H30OS. The second-order valence-electron chi connectivity index (χ2n) is 5.68. The molecule has 2 aromatic carbocycles. The average molecular weight is 331 g/mol. The molecule has 0 unspecified atom stereocenters. The molecule has 0 saturated carbocycles. The second kappa shape index (κ2) is 12.1. The molecule has 2 aromatic rings. The van der Waals surface area contributed by atoms with Crippen LogP contribution in [0.5, 0.6) is 5.75 Å². The largest absolute Gasteiger partial charge is 0.494 e. The van der Waals surface area contributed by atoms with Crippen molar-refractivity contribution in [2.75, 3.05) is 12.4 Å². The summed E-state index contributed by atoms with van der Waals surface area (Å²) >= 11 is 1.95. The summed E-state index contributed by atoms with van der Waals surface area (Å²) in [6, 6.07) is 16.9. The maximum atomic E-state index is 5.41. The summed E-state index contributed by atoms with van der Waals surface area (Å²) in [4.78, 5) is 1.40. The second-order valence-corrected chi connectivity index (χ2v) is 6.84. The fourth-order valence-corrected chi connectivity index (χ4v) is 2.82. The highest BCUT2D eigenvalue weighted by molar-refractivity contribution is 7.99. The fraction of sp³-hybridized carbons (Fsp3) is 0.429. The van der Waals surface area contributed by atoms with Crippen molar-refractivity contribution in [1.82, 2.24) is 0 Å². The quantitative estimate of drug-likeness (QED) is 0.414. The van der Waals surface area contributed by atoms with Gasteiger partial charge in [-0.05, 0) is 56.7 Å². The normalized spacial score (nSPS) is 9.91. The third-order valence-electron chi connectivity index (χ3n) is 3.28. The van der Waals surface area contributed by atoms with Crippen molar-refractivity contribution >= 4 is 11.8 Å². The van der Waals surface area contributed by atoms with Crippen LogP contribution in [-0.2, 0) is 0 Å². The molecule has 0 aromatic heterocycles. The Morgan fingerprint density at radius 1 is 0.783 bits per heavy atom. The molecule has 0 spiro atoms. The number of hydrogen-bond donors (Lipinski definition) is 0. The first kappa shape index (κ1) is 19.6. The first-order valence-corrected chi connectivity index (χ1v) is 9.53. The van der Waals surface area contributed by atoms with Gasteiger partial charge in [-0.2, -0.15) is 0 Å². The van der Waals surface area contributed by atoms with Crippen LogP contribution in [0.4, 0.5) is 0 Å². The van der Waals surface area contributed by atoms with Crippen molar-refractivity contribution in [3.63, 3.8) is 0 Å². The highest BCUT2D eigenvalue weighted by Gasteiger charge is 1.92. The highest BCUT2D eigenvalue weighted by atomic mass is 32.2. The van der Waals surface area contributed by atoms with Crippen molar-refractivity contribution < 1.29 is 4.74 Å². The molecule has 0 bridgehead atoms. The maximum Gasteiger partial charge on any atom is 0.119 e. The van der Waals surface area contributed by atoms with Gasteiger partial charge in [0.1, 0.15) is 5.75 Å². The number of unbranched alkanes of at least 4 members (excludes halogenated alkanes) is 1. The number of rotatable bonds is 7. The van der Waals surface area contributed by atoms with E-state index in [2.05, 4.69) is 64.1 Å². The molecule has 126 valence electrons. The Morgan fingerprint density at radius 3 is 1.87 bits per heavy atom. The van der Waals surface area contributed by atoms with Crippen LogP contribution in [0.25, 0.3) is 0 Å². The SMILES string of the molecule is CCCCSc1ccc(C)cc1.CCCOc1ccc(C)cc1. The molecule has 0 saturated heterocycles. The summed E-state index contributed by atoms with van der Waals surface area (Å²) in [7, 11) is 0. The fourth-order valence-electron chi connectivity index (χ4n) is 1.82. The summed E-state index contributed by atoms with van der Waals surface area (Å²) < 4.78 is 5.41. The smallest absolute Gasteiger partial charge is 0.119 e. The van der Waals surface area contributed by atoms with Crippen LogP contribution in [0.3, 0.4) is 0 Å². The molecule has 1 nitrogen and oxygen atoms in total. The van der Waals surface area contributed by atoms with Gasteiger partial charge in [-0.1, -0.05) is 55.7 Å². The Balaban J connectivity index is 0.000000231. The Bertz CT molecular complexity index is 517. The monoisotopic (exact) mass is 330 g/mol. The Kier molecular flexibility index (Phi) is 10.3. The minimum absolute atomic E-state index is 0.809. The molecule has 0 amide bonds. The maximum absolute atomic E-state index is 5.41. The number of benzene rings is 2. The van der Waals surface area contributed by atoms with E-state index in [0.717, 1.165) is 18.8 Å². The average Bonchev–Trinajstić information content (AvgIpc) is 2.57. The first-order chi connectivity index (χ1) is 11.2. The van der Waals surface area contributed by atoms with Gasteiger partial charge >= 0.3 is 0 Å². The van der Waals surface area contributed by atoms with Gasteiger partial charge in [0, 0.05) is 4.90 Å². The lowest BCUT2D eigenvalue weighted by molar-refractivity contribution is 0.317. The predicted molar refractivity (Wildman–Crippen MR) is 104 cm³/mol. The topological polar surface area (TPSA) is 9.23 Å². The molecule has 0 aliphatic heterocycles. The van der Waals surface area contributed by atoms with Crippen LogP contribution in [-0.4, -0.2) is 12.4 Å². The van der Waals surface area contributed by atoms with Crippen LogP contribution in [0, 0.1) is 13.8 Å². The van der Waals surface area contributed by atoms with Crippen molar-refractivity contribution in [2.24, 2.45) is 0 Å². The van der Waals surface area contributed by atoms with E-state index in [4.69, 9.17) is 4.74 Å². The van der Waals surface area contributed by atoms with E-state index in [0.29, 0.717) is 0 Å². The van der Waals surface area contributed by atoms with Crippen LogP contribution in [0.15, 0.2) is 53.4 Å². The van der Waals surface area contributed by atoms with Crippen LogP contribution in [0.2, 0.25) is 0 Å². The van der Waals surface area contributed by atoms with E-state index < -0.39 is 0 Å². The van der Waals surface area contributed by atoms with Gasteiger partial charge in [-0.3, -0.25) is 0 Å². The molecule has 0 atom stereocenters. The van der Waals surface area contributed by atoms with Crippen molar-refractivity contribution in [2.45, 2.75) is 51.9 Å². The van der Waals surface area contributed by atoms with Crippen LogP contribution < -0.4 is 4.74 Å². The summed E-state index contributed by atoms with van der Waals surface area (Å²) in [6.45, 7) is 9.34. The van der Waals surface area contributed by atoms with E-state index in [-0.39, 0.29) is 0 Å². The van der Waals surface area contributed by atoms with E-state index in [1.807, 2.05) is 23.9 Å². The zero-order valence-electron chi connectivity index (χ0n) is 15.0. The zero-order chi connectivity index (χ0) is 16.9. The lowest BCUT2D eigenvalue weighted by Gasteiger charge is -2.03. The van der Waals surface area contributed by atoms with Gasteiger partial charge in [-0.25, -0.2) is 0 Å². The van der Waals surface area contributed by atoms with Crippen molar-refractivity contribution in [3.8, 4) is 5.75 Å². The van der Waals surface area contributed by atoms with Gasteiger partial charge < -0.3 is 4.74 Å². The van der Waals surface area contributed by atoms with Gasteiger partial charge in [0.2, 0.25) is 0 Å². The Morgan fingerprint density at radius 2 is 1.35 bits per heavy atom. The van der Waals surface area contributed by atoms with E-state index >= 15 is 0 Å². The number of aryl methyl sites for hydroxylation is 2. The van der Waals surface area contributed by atoms with E-state index in [1.54, 1.807) is 0 Å². The molecule has 0 aliphatic carbocycles. The van der Waals surface area contributed by atoms with Gasteiger partial charge in [-0.15, -0.1) is 11.8 Å². The number of hydrogen-bond acceptors (Lipinski definition) is 2.